The fourth-order valence-corrected chi connectivity index (χ4v) is 2.22. The van der Waals surface area contributed by atoms with Gasteiger partial charge in [0.2, 0.25) is 0 Å². The highest BCUT2D eigenvalue weighted by molar-refractivity contribution is 4.90. The van der Waals surface area contributed by atoms with E-state index in [0.717, 1.165) is 19.6 Å². The molecule has 4 heteroatoms. The SMILES string of the molecule is O[C@@H]1CNC[C@H]1N1CCC(F)CC1. The number of β-amino-alcohol motifs (C(OH)–C–C–N with tert-alkyl or cyclic N) is 1. The number of aliphatic hydroxyl groups excluding tert-OH is 1. The molecule has 2 aliphatic heterocycles. The van der Waals surface area contributed by atoms with Crippen LogP contribution in [0.1, 0.15) is 12.8 Å². The van der Waals surface area contributed by atoms with E-state index in [9.17, 15) is 9.50 Å². The van der Waals surface area contributed by atoms with Gasteiger partial charge >= 0.3 is 0 Å². The number of hydrogen-bond acceptors (Lipinski definition) is 3. The number of halogens is 1. The molecule has 0 unspecified atom stereocenters. The van der Waals surface area contributed by atoms with Crippen LogP contribution < -0.4 is 5.32 Å². The Hall–Kier alpha value is -0.190. The summed E-state index contributed by atoms with van der Waals surface area (Å²) in [7, 11) is 0. The van der Waals surface area contributed by atoms with Crippen LogP contribution in [0.25, 0.3) is 0 Å². The Morgan fingerprint density at radius 2 is 1.92 bits per heavy atom. The van der Waals surface area contributed by atoms with Crippen LogP contribution in [0.15, 0.2) is 0 Å². The topological polar surface area (TPSA) is 35.5 Å². The second-order valence-corrected chi connectivity index (χ2v) is 4.00. The molecule has 3 nitrogen and oxygen atoms in total. The van der Waals surface area contributed by atoms with Crippen molar-refractivity contribution in [1.29, 1.82) is 0 Å². The van der Waals surface area contributed by atoms with Crippen LogP contribution in [-0.4, -0.2) is 54.5 Å². The predicted octanol–water partition coefficient (Wildman–Crippen LogP) is -0.247. The third-order valence-corrected chi connectivity index (χ3v) is 3.08. The van der Waals surface area contributed by atoms with E-state index in [4.69, 9.17) is 0 Å². The van der Waals surface area contributed by atoms with Gasteiger partial charge in [-0.05, 0) is 12.8 Å². The highest BCUT2D eigenvalue weighted by Gasteiger charge is 2.32. The lowest BCUT2D eigenvalue weighted by molar-refractivity contribution is 0.0516. The molecular formula is C9H17FN2O. The highest BCUT2D eigenvalue weighted by Crippen LogP contribution is 2.18. The quantitative estimate of drug-likeness (QED) is 0.596. The van der Waals surface area contributed by atoms with Crippen LogP contribution in [-0.2, 0) is 0 Å². The van der Waals surface area contributed by atoms with Gasteiger partial charge in [0.25, 0.3) is 0 Å². The molecule has 0 radical (unpaired) electrons. The molecule has 76 valence electrons. The fraction of sp³-hybridized carbons (Fsp3) is 1.00. The van der Waals surface area contributed by atoms with E-state index < -0.39 is 6.17 Å². The fourth-order valence-electron chi connectivity index (χ4n) is 2.22. The third kappa shape index (κ3) is 2.00. The number of piperidine rings is 1. The van der Waals surface area contributed by atoms with Crippen molar-refractivity contribution in [1.82, 2.24) is 10.2 Å². The molecule has 2 fully saturated rings. The van der Waals surface area contributed by atoms with E-state index in [1.165, 1.54) is 0 Å². The van der Waals surface area contributed by atoms with E-state index in [1.54, 1.807) is 0 Å². The number of nitrogens with zero attached hydrogens (tertiary/aromatic N) is 1. The van der Waals surface area contributed by atoms with E-state index in [-0.39, 0.29) is 12.1 Å². The Morgan fingerprint density at radius 3 is 2.46 bits per heavy atom. The lowest BCUT2D eigenvalue weighted by Crippen LogP contribution is -2.47. The number of alkyl halides is 1. The summed E-state index contributed by atoms with van der Waals surface area (Å²) in [5, 5.41) is 12.8. The predicted molar refractivity (Wildman–Crippen MR) is 48.4 cm³/mol. The monoisotopic (exact) mass is 188 g/mol. The molecule has 2 heterocycles. The van der Waals surface area contributed by atoms with Crippen molar-refractivity contribution in [3.8, 4) is 0 Å². The second kappa shape index (κ2) is 3.90. The number of rotatable bonds is 1. The van der Waals surface area contributed by atoms with Crippen LogP contribution in [0.2, 0.25) is 0 Å². The lowest BCUT2D eigenvalue weighted by Gasteiger charge is -2.34. The molecule has 0 aromatic heterocycles. The van der Waals surface area contributed by atoms with E-state index in [2.05, 4.69) is 10.2 Å². The van der Waals surface area contributed by atoms with Gasteiger partial charge in [0.05, 0.1) is 6.10 Å². The smallest absolute Gasteiger partial charge is 0.103 e. The van der Waals surface area contributed by atoms with E-state index in [0.29, 0.717) is 19.4 Å². The Labute approximate surface area is 77.9 Å². The van der Waals surface area contributed by atoms with Gasteiger partial charge in [-0.3, -0.25) is 4.90 Å². The van der Waals surface area contributed by atoms with Crippen molar-refractivity contribution in [3.63, 3.8) is 0 Å². The first-order chi connectivity index (χ1) is 6.27. The summed E-state index contributed by atoms with van der Waals surface area (Å²) in [6.07, 6.45) is 0.366. The van der Waals surface area contributed by atoms with Crippen molar-refractivity contribution in [2.24, 2.45) is 0 Å². The maximum absolute atomic E-state index is 12.8. The molecule has 0 bridgehead atoms. The van der Waals surface area contributed by atoms with Crippen LogP contribution in [0.4, 0.5) is 4.39 Å². The first kappa shape index (κ1) is 9.37. The molecule has 0 aromatic rings. The molecule has 0 saturated carbocycles. The zero-order chi connectivity index (χ0) is 9.26. The van der Waals surface area contributed by atoms with Gasteiger partial charge in [0, 0.05) is 32.2 Å². The normalized spacial score (nSPS) is 38.3. The third-order valence-electron chi connectivity index (χ3n) is 3.08. The van der Waals surface area contributed by atoms with Crippen molar-refractivity contribution in [2.75, 3.05) is 26.2 Å². The van der Waals surface area contributed by atoms with Gasteiger partial charge in [-0.25, -0.2) is 4.39 Å². The minimum absolute atomic E-state index is 0.215. The summed E-state index contributed by atoms with van der Waals surface area (Å²) in [5.41, 5.74) is 0. The summed E-state index contributed by atoms with van der Waals surface area (Å²) in [6, 6.07) is 0.215. The van der Waals surface area contributed by atoms with Crippen LogP contribution >= 0.6 is 0 Å². The zero-order valence-corrected chi connectivity index (χ0v) is 7.75. The zero-order valence-electron chi connectivity index (χ0n) is 7.75. The molecule has 2 rings (SSSR count). The first-order valence-corrected chi connectivity index (χ1v) is 5.04. The number of aliphatic hydroxyl groups is 1. The Kier molecular flexibility index (Phi) is 2.81. The van der Waals surface area contributed by atoms with E-state index in [1.807, 2.05) is 0 Å². The number of nitrogens with one attached hydrogen (secondary N) is 1. The van der Waals surface area contributed by atoms with Crippen molar-refractivity contribution >= 4 is 0 Å². The summed E-state index contributed by atoms with van der Waals surface area (Å²) >= 11 is 0. The molecule has 13 heavy (non-hydrogen) atoms. The Bertz CT molecular complexity index is 171. The second-order valence-electron chi connectivity index (χ2n) is 4.00. The van der Waals surface area contributed by atoms with Gasteiger partial charge < -0.3 is 10.4 Å². The molecular weight excluding hydrogens is 171 g/mol. The Balaban J connectivity index is 1.86. The number of hydrogen-bond donors (Lipinski definition) is 2. The highest BCUT2D eigenvalue weighted by atomic mass is 19.1. The maximum atomic E-state index is 12.8. The minimum atomic E-state index is -0.622. The summed E-state index contributed by atoms with van der Waals surface area (Å²) < 4.78 is 12.8. The van der Waals surface area contributed by atoms with E-state index >= 15 is 0 Å². The van der Waals surface area contributed by atoms with Crippen LogP contribution in [0.5, 0.6) is 0 Å². The van der Waals surface area contributed by atoms with Crippen molar-refractivity contribution in [2.45, 2.75) is 31.2 Å². The molecule has 2 atom stereocenters. The molecule has 2 saturated heterocycles. The van der Waals surface area contributed by atoms with Crippen LogP contribution in [0, 0.1) is 0 Å². The van der Waals surface area contributed by atoms with Crippen molar-refractivity contribution < 1.29 is 9.50 Å². The largest absolute Gasteiger partial charge is 0.390 e. The minimum Gasteiger partial charge on any atom is -0.390 e. The summed E-state index contributed by atoms with van der Waals surface area (Å²) in [5.74, 6) is 0. The molecule has 2 N–H and O–H groups in total. The molecule has 0 amide bonds. The molecule has 2 aliphatic rings. The average Bonchev–Trinajstić information content (AvgIpc) is 2.53. The van der Waals surface area contributed by atoms with Gasteiger partial charge in [-0.15, -0.1) is 0 Å². The lowest BCUT2D eigenvalue weighted by atomic mass is 10.1. The standard InChI is InChI=1S/C9H17FN2O/c10-7-1-3-12(4-2-7)8-5-11-6-9(8)13/h7-9,11,13H,1-6H2/t8-,9-/m1/s1. The average molecular weight is 188 g/mol. The molecule has 0 spiro atoms. The van der Waals surface area contributed by atoms with Crippen LogP contribution in [0.3, 0.4) is 0 Å². The summed E-state index contributed by atoms with van der Waals surface area (Å²) in [4.78, 5) is 2.21. The molecule has 0 aromatic carbocycles. The van der Waals surface area contributed by atoms with Gasteiger partial charge in [0.15, 0.2) is 0 Å². The van der Waals surface area contributed by atoms with Gasteiger partial charge in [-0.1, -0.05) is 0 Å². The Morgan fingerprint density at radius 1 is 1.23 bits per heavy atom. The first-order valence-electron chi connectivity index (χ1n) is 5.04. The summed E-state index contributed by atoms with van der Waals surface area (Å²) in [6.45, 7) is 3.12. The maximum Gasteiger partial charge on any atom is 0.103 e. The van der Waals surface area contributed by atoms with Gasteiger partial charge in [-0.2, -0.15) is 0 Å². The molecule has 0 aliphatic carbocycles. The number of likely N-dealkylation sites (tertiary alicyclic amines) is 1. The van der Waals surface area contributed by atoms with Crippen molar-refractivity contribution in [3.05, 3.63) is 0 Å². The van der Waals surface area contributed by atoms with Gasteiger partial charge in [0.1, 0.15) is 6.17 Å².